The Balaban J connectivity index is 2.15. The Bertz CT molecular complexity index is 1350. The molecule has 0 N–H and O–H groups in total. The number of rotatable bonds is 5. The summed E-state index contributed by atoms with van der Waals surface area (Å²) in [5, 5.41) is -0.223. The van der Waals surface area contributed by atoms with Gasteiger partial charge in [-0.1, -0.05) is 29.8 Å². The fourth-order valence-electron chi connectivity index (χ4n) is 3.51. The molecule has 1 aromatic heterocycles. The van der Waals surface area contributed by atoms with E-state index in [2.05, 4.69) is 0 Å². The number of fused-ring (bicyclic) bond motifs is 1. The summed E-state index contributed by atoms with van der Waals surface area (Å²) in [5.74, 6) is -1.51. The van der Waals surface area contributed by atoms with Gasteiger partial charge in [0.25, 0.3) is 5.91 Å². The molecule has 0 spiro atoms. The average molecular weight is 503 g/mol. The molecule has 3 aromatic rings. The minimum absolute atomic E-state index is 0.0745. The lowest BCUT2D eigenvalue weighted by Crippen LogP contribution is -2.44. The fraction of sp³-hybridized carbons (Fsp3) is 0.238. The van der Waals surface area contributed by atoms with E-state index in [0.717, 1.165) is 23.0 Å². The SMILES string of the molecule is COC(=O)c1cn(C(=O)[C@@H](C)N(c2ccc(Cl)c(C(F)(F)F)c2)S(C)(=O)=O)c2ccccc12. The number of sulfonamides is 1. The summed E-state index contributed by atoms with van der Waals surface area (Å²) in [5.41, 5.74) is -1.25. The molecule has 7 nitrogen and oxygen atoms in total. The summed E-state index contributed by atoms with van der Waals surface area (Å²) in [7, 11) is -3.05. The second-order valence-electron chi connectivity index (χ2n) is 7.16. The van der Waals surface area contributed by atoms with Gasteiger partial charge in [0.15, 0.2) is 0 Å². The second kappa shape index (κ2) is 8.71. The molecular formula is C21H18ClF3N2O5S. The predicted octanol–water partition coefficient (Wildman–Crippen LogP) is 4.60. The summed E-state index contributed by atoms with van der Waals surface area (Å²) in [6.45, 7) is 1.23. The monoisotopic (exact) mass is 502 g/mol. The molecule has 176 valence electrons. The minimum atomic E-state index is -4.84. The van der Waals surface area contributed by atoms with E-state index in [1.165, 1.54) is 20.2 Å². The van der Waals surface area contributed by atoms with Crippen LogP contribution < -0.4 is 4.31 Å². The van der Waals surface area contributed by atoms with Gasteiger partial charge in [-0.25, -0.2) is 13.2 Å². The van der Waals surface area contributed by atoms with Gasteiger partial charge >= 0.3 is 12.1 Å². The lowest BCUT2D eigenvalue weighted by molar-refractivity contribution is -0.137. The zero-order valence-corrected chi connectivity index (χ0v) is 19.1. The maximum absolute atomic E-state index is 13.3. The molecule has 3 rings (SSSR count). The Morgan fingerprint density at radius 2 is 1.79 bits per heavy atom. The van der Waals surface area contributed by atoms with E-state index in [1.54, 1.807) is 24.3 Å². The number of esters is 1. The highest BCUT2D eigenvalue weighted by Gasteiger charge is 2.36. The largest absolute Gasteiger partial charge is 0.465 e. The van der Waals surface area contributed by atoms with Crippen molar-refractivity contribution >= 4 is 50.1 Å². The number of anilines is 1. The molecule has 0 aliphatic carbocycles. The maximum Gasteiger partial charge on any atom is 0.417 e. The van der Waals surface area contributed by atoms with E-state index in [4.69, 9.17) is 16.3 Å². The van der Waals surface area contributed by atoms with Gasteiger partial charge in [0.2, 0.25) is 10.0 Å². The van der Waals surface area contributed by atoms with Crippen molar-refractivity contribution in [3.63, 3.8) is 0 Å². The summed E-state index contributed by atoms with van der Waals surface area (Å²) >= 11 is 5.65. The number of aromatic nitrogens is 1. The standard InChI is InChI=1S/C21H18ClF3N2O5S/c1-12(19(28)26-11-15(20(29)32-2)14-6-4-5-7-18(14)26)27(33(3,30)31)13-8-9-17(22)16(10-13)21(23,24)25/h4-12H,1-3H3/t12-/m1/s1. The van der Waals surface area contributed by atoms with Gasteiger partial charge in [0.1, 0.15) is 6.04 Å². The number of alkyl halides is 3. The summed E-state index contributed by atoms with van der Waals surface area (Å²) < 4.78 is 71.5. The van der Waals surface area contributed by atoms with Crippen LogP contribution in [0.25, 0.3) is 10.9 Å². The molecule has 1 heterocycles. The van der Waals surface area contributed by atoms with Crippen LogP contribution in [0.15, 0.2) is 48.7 Å². The molecule has 12 heteroatoms. The van der Waals surface area contributed by atoms with E-state index < -0.39 is 44.7 Å². The number of nitrogens with zero attached hydrogens (tertiary/aromatic N) is 2. The first kappa shape index (κ1) is 24.6. The van der Waals surface area contributed by atoms with E-state index in [9.17, 15) is 31.2 Å². The van der Waals surface area contributed by atoms with Crippen LogP contribution in [0.4, 0.5) is 18.9 Å². The number of para-hydroxylation sites is 1. The number of ether oxygens (including phenoxy) is 1. The first-order valence-corrected chi connectivity index (χ1v) is 11.6. The van der Waals surface area contributed by atoms with Gasteiger partial charge in [0.05, 0.1) is 40.7 Å². The number of hydrogen-bond donors (Lipinski definition) is 0. The van der Waals surface area contributed by atoms with E-state index in [0.29, 0.717) is 21.3 Å². The highest BCUT2D eigenvalue weighted by molar-refractivity contribution is 7.92. The number of carbonyl (C=O) groups is 2. The molecule has 0 bridgehead atoms. The predicted molar refractivity (Wildman–Crippen MR) is 117 cm³/mol. The van der Waals surface area contributed by atoms with Gasteiger partial charge < -0.3 is 4.74 Å². The number of halogens is 4. The fourth-order valence-corrected chi connectivity index (χ4v) is 4.89. The van der Waals surface area contributed by atoms with Gasteiger partial charge in [-0.05, 0) is 31.2 Å². The van der Waals surface area contributed by atoms with Gasteiger partial charge in [-0.15, -0.1) is 0 Å². The third kappa shape index (κ3) is 4.69. The minimum Gasteiger partial charge on any atom is -0.465 e. The van der Waals surface area contributed by atoms with Crippen molar-refractivity contribution in [3.05, 3.63) is 64.8 Å². The molecule has 33 heavy (non-hydrogen) atoms. The van der Waals surface area contributed by atoms with Crippen molar-refractivity contribution in [2.24, 2.45) is 0 Å². The van der Waals surface area contributed by atoms with Gasteiger partial charge in [-0.2, -0.15) is 13.2 Å². The quantitative estimate of drug-likeness (QED) is 0.476. The average Bonchev–Trinajstić information content (AvgIpc) is 3.11. The second-order valence-corrected chi connectivity index (χ2v) is 9.42. The van der Waals surface area contributed by atoms with Crippen LogP contribution in [0.1, 0.15) is 27.6 Å². The van der Waals surface area contributed by atoms with Crippen molar-refractivity contribution in [1.82, 2.24) is 4.57 Å². The van der Waals surface area contributed by atoms with Crippen molar-refractivity contribution < 1.29 is 35.9 Å². The van der Waals surface area contributed by atoms with Crippen molar-refractivity contribution in [1.29, 1.82) is 0 Å². The number of methoxy groups -OCH3 is 1. The molecule has 2 aromatic carbocycles. The number of carbonyl (C=O) groups excluding carboxylic acids is 2. The van der Waals surface area contributed by atoms with E-state index >= 15 is 0 Å². The highest BCUT2D eigenvalue weighted by atomic mass is 35.5. The number of hydrogen-bond acceptors (Lipinski definition) is 5. The molecule has 0 amide bonds. The van der Waals surface area contributed by atoms with Crippen LogP contribution in [-0.4, -0.2) is 44.3 Å². The Morgan fingerprint density at radius 1 is 1.15 bits per heavy atom. The molecule has 0 saturated heterocycles. The van der Waals surface area contributed by atoms with Gasteiger partial charge in [0, 0.05) is 11.6 Å². The van der Waals surface area contributed by atoms with Crippen LogP contribution in [0.5, 0.6) is 0 Å². The molecule has 0 saturated carbocycles. The topological polar surface area (TPSA) is 85.7 Å². The molecule has 0 unspecified atom stereocenters. The van der Waals surface area contributed by atoms with Crippen LogP contribution in [0.3, 0.4) is 0 Å². The maximum atomic E-state index is 13.3. The molecule has 0 aliphatic heterocycles. The third-order valence-electron chi connectivity index (χ3n) is 4.93. The normalized spacial score (nSPS) is 13.1. The smallest absolute Gasteiger partial charge is 0.417 e. The summed E-state index contributed by atoms with van der Waals surface area (Å²) in [6.07, 6.45) is -2.86. The van der Waals surface area contributed by atoms with E-state index in [1.807, 2.05) is 0 Å². The van der Waals surface area contributed by atoms with Crippen LogP contribution in [0.2, 0.25) is 5.02 Å². The third-order valence-corrected chi connectivity index (χ3v) is 6.50. The Hall–Kier alpha value is -3.05. The Labute approximate surface area is 192 Å². The zero-order chi connectivity index (χ0) is 24.7. The molecular weight excluding hydrogens is 485 g/mol. The molecule has 0 radical (unpaired) electrons. The molecule has 0 aliphatic rings. The van der Waals surface area contributed by atoms with E-state index in [-0.39, 0.29) is 11.3 Å². The summed E-state index contributed by atoms with van der Waals surface area (Å²) in [6, 6.07) is 7.47. The molecule has 1 atom stereocenters. The van der Waals surface area contributed by atoms with Crippen molar-refractivity contribution in [3.8, 4) is 0 Å². The first-order chi connectivity index (χ1) is 15.3. The molecule has 0 fully saturated rings. The summed E-state index contributed by atoms with van der Waals surface area (Å²) in [4.78, 5) is 25.5. The van der Waals surface area contributed by atoms with Crippen molar-refractivity contribution in [2.45, 2.75) is 19.1 Å². The lowest BCUT2D eigenvalue weighted by Gasteiger charge is -2.29. The number of benzene rings is 2. The highest BCUT2D eigenvalue weighted by Crippen LogP contribution is 2.38. The van der Waals surface area contributed by atoms with Crippen LogP contribution in [-0.2, 0) is 20.9 Å². The van der Waals surface area contributed by atoms with Crippen LogP contribution >= 0.6 is 11.6 Å². The van der Waals surface area contributed by atoms with Crippen molar-refractivity contribution in [2.75, 3.05) is 17.7 Å². The zero-order valence-electron chi connectivity index (χ0n) is 17.6. The first-order valence-electron chi connectivity index (χ1n) is 9.36. The Morgan fingerprint density at radius 3 is 2.36 bits per heavy atom. The van der Waals surface area contributed by atoms with Crippen LogP contribution in [0, 0.1) is 0 Å². The lowest BCUT2D eigenvalue weighted by atomic mass is 10.1. The Kier molecular flexibility index (Phi) is 6.49. The van der Waals surface area contributed by atoms with Gasteiger partial charge in [-0.3, -0.25) is 13.7 Å².